The van der Waals surface area contributed by atoms with Gasteiger partial charge in [-0.15, -0.1) is 0 Å². The summed E-state index contributed by atoms with van der Waals surface area (Å²) in [7, 11) is 0. The summed E-state index contributed by atoms with van der Waals surface area (Å²) in [5, 5.41) is 8.21. The van der Waals surface area contributed by atoms with E-state index >= 15 is 0 Å². The second-order valence-electron chi connectivity index (χ2n) is 3.16. The second-order valence-corrected chi connectivity index (χ2v) is 3.16. The Morgan fingerprint density at radius 2 is 2.00 bits per heavy atom. The molecule has 0 saturated carbocycles. The lowest BCUT2D eigenvalue weighted by Crippen LogP contribution is -2.03. The number of fused-ring (bicyclic) bond motifs is 3. The van der Waals surface area contributed by atoms with E-state index in [0.717, 1.165) is 10.9 Å². The zero-order chi connectivity index (χ0) is 10.3. The number of aromatic nitrogens is 4. The van der Waals surface area contributed by atoms with Crippen LogP contribution in [-0.4, -0.2) is 20.0 Å². The fourth-order valence-corrected chi connectivity index (χ4v) is 1.54. The van der Waals surface area contributed by atoms with Crippen molar-refractivity contribution in [1.29, 1.82) is 0 Å². The smallest absolute Gasteiger partial charge is 0.263 e. The van der Waals surface area contributed by atoms with Gasteiger partial charge in [0.2, 0.25) is 0 Å². The van der Waals surface area contributed by atoms with Crippen molar-refractivity contribution in [3.8, 4) is 5.69 Å². The first kappa shape index (κ1) is 8.05. The van der Waals surface area contributed by atoms with E-state index in [0.29, 0.717) is 5.69 Å². The Morgan fingerprint density at radius 1 is 1.13 bits per heavy atom. The molecule has 3 rings (SSSR count). The third kappa shape index (κ3) is 1.10. The Bertz CT molecular complexity index is 661. The molecular formula is C10H6N4O. The molecule has 0 spiro atoms. The molecule has 0 aliphatic carbocycles. The second kappa shape index (κ2) is 2.84. The van der Waals surface area contributed by atoms with Gasteiger partial charge in [0.15, 0.2) is 5.69 Å². The van der Waals surface area contributed by atoms with Crippen molar-refractivity contribution in [2.24, 2.45) is 0 Å². The Balaban J connectivity index is 2.58. The maximum absolute atomic E-state index is 11.3. The van der Waals surface area contributed by atoms with Crippen LogP contribution in [0.2, 0.25) is 0 Å². The first-order valence-electron chi connectivity index (χ1n) is 4.45. The van der Waals surface area contributed by atoms with E-state index in [1.807, 2.05) is 24.3 Å². The highest BCUT2D eigenvalue weighted by Crippen LogP contribution is 2.13. The molecule has 1 aromatic rings. The van der Waals surface area contributed by atoms with Crippen molar-refractivity contribution < 1.29 is 0 Å². The van der Waals surface area contributed by atoms with Gasteiger partial charge in [0.25, 0.3) is 0 Å². The zero-order valence-electron chi connectivity index (χ0n) is 7.66. The average Bonchev–Trinajstić information content (AvgIpc) is 2.53. The predicted molar refractivity (Wildman–Crippen MR) is 54.1 cm³/mol. The van der Waals surface area contributed by atoms with Crippen LogP contribution >= 0.6 is 0 Å². The van der Waals surface area contributed by atoms with Crippen LogP contribution in [0.15, 0.2) is 41.5 Å². The Kier molecular flexibility index (Phi) is 1.53. The summed E-state index contributed by atoms with van der Waals surface area (Å²) < 4.78 is 1.50. The Labute approximate surface area is 84.3 Å². The summed E-state index contributed by atoms with van der Waals surface area (Å²) >= 11 is 0. The van der Waals surface area contributed by atoms with Gasteiger partial charge in [-0.2, -0.15) is 0 Å². The highest BCUT2D eigenvalue weighted by molar-refractivity contribution is 5.78. The van der Waals surface area contributed by atoms with Crippen molar-refractivity contribution in [2.75, 3.05) is 0 Å². The van der Waals surface area contributed by atoms with Crippen LogP contribution in [0, 0.1) is 0 Å². The van der Waals surface area contributed by atoms with Crippen molar-refractivity contribution in [3.05, 3.63) is 47.0 Å². The SMILES string of the molecule is O=c1nnn2c3ccccc3cncc1-2. The van der Waals surface area contributed by atoms with E-state index in [1.54, 1.807) is 6.20 Å². The standard InChI is InChI=1S/C10H6N4O/c15-10-9-6-11-5-7-3-1-2-4-8(7)14(9)13-12-10/h1-6H. The lowest BCUT2D eigenvalue weighted by molar-refractivity contribution is 0.835. The van der Waals surface area contributed by atoms with Crippen LogP contribution in [-0.2, 0) is 0 Å². The number of hydrogen-bond acceptors (Lipinski definition) is 4. The Morgan fingerprint density at radius 3 is 2.93 bits per heavy atom. The van der Waals surface area contributed by atoms with E-state index in [-0.39, 0.29) is 5.56 Å². The van der Waals surface area contributed by atoms with E-state index in [9.17, 15) is 4.79 Å². The molecule has 0 saturated heterocycles. The van der Waals surface area contributed by atoms with Crippen LogP contribution in [0.1, 0.15) is 0 Å². The summed E-state index contributed by atoms with van der Waals surface area (Å²) in [6.45, 7) is 0. The molecule has 5 heteroatoms. The maximum Gasteiger partial charge on any atom is 0.317 e. The van der Waals surface area contributed by atoms with Crippen LogP contribution < -0.4 is 5.56 Å². The van der Waals surface area contributed by atoms with Gasteiger partial charge in [0, 0.05) is 11.6 Å². The number of nitrogens with zero attached hydrogens (tertiary/aromatic N) is 4. The van der Waals surface area contributed by atoms with Gasteiger partial charge in [-0.25, -0.2) is 4.68 Å². The molecule has 1 aromatic carbocycles. The minimum Gasteiger partial charge on any atom is -0.263 e. The van der Waals surface area contributed by atoms with Gasteiger partial charge in [-0.3, -0.25) is 9.78 Å². The summed E-state index contributed by atoms with van der Waals surface area (Å²) in [4.78, 5) is 15.4. The third-order valence-corrected chi connectivity index (χ3v) is 2.25. The topological polar surface area (TPSA) is 60.7 Å². The first-order valence-corrected chi connectivity index (χ1v) is 4.45. The van der Waals surface area contributed by atoms with E-state index in [1.165, 1.54) is 10.9 Å². The lowest BCUT2D eigenvalue weighted by atomic mass is 10.2. The van der Waals surface area contributed by atoms with Crippen molar-refractivity contribution >= 4 is 10.9 Å². The fourth-order valence-electron chi connectivity index (χ4n) is 1.54. The molecule has 0 fully saturated rings. The van der Waals surface area contributed by atoms with Gasteiger partial charge >= 0.3 is 5.56 Å². The monoisotopic (exact) mass is 198 g/mol. The minimum absolute atomic E-state index is 0.358. The lowest BCUT2D eigenvalue weighted by Gasteiger charge is -1.96. The molecule has 0 amide bonds. The summed E-state index contributed by atoms with van der Waals surface area (Å²) in [6, 6.07) is 7.57. The molecule has 2 heterocycles. The number of benzene rings is 1. The molecule has 0 radical (unpaired) electrons. The van der Waals surface area contributed by atoms with Crippen LogP contribution in [0.4, 0.5) is 0 Å². The molecule has 0 unspecified atom stereocenters. The summed E-state index contributed by atoms with van der Waals surface area (Å²) in [5.41, 5.74) is 0.847. The quantitative estimate of drug-likeness (QED) is 0.531. The molecule has 2 aliphatic rings. The van der Waals surface area contributed by atoms with Gasteiger partial charge < -0.3 is 0 Å². The summed E-state index contributed by atoms with van der Waals surface area (Å²) in [5.74, 6) is 0. The van der Waals surface area contributed by atoms with E-state index in [2.05, 4.69) is 15.3 Å². The molecule has 15 heavy (non-hydrogen) atoms. The van der Waals surface area contributed by atoms with Crippen molar-refractivity contribution in [2.45, 2.75) is 0 Å². The van der Waals surface area contributed by atoms with Crippen LogP contribution in [0.25, 0.3) is 16.6 Å². The number of rotatable bonds is 0. The molecule has 0 bridgehead atoms. The third-order valence-electron chi connectivity index (χ3n) is 2.25. The molecular weight excluding hydrogens is 192 g/mol. The van der Waals surface area contributed by atoms with Gasteiger partial charge in [0.1, 0.15) is 0 Å². The largest absolute Gasteiger partial charge is 0.317 e. The molecule has 72 valence electrons. The average molecular weight is 198 g/mol. The molecule has 0 atom stereocenters. The summed E-state index contributed by atoms with van der Waals surface area (Å²) in [6.07, 6.45) is 3.17. The van der Waals surface area contributed by atoms with Crippen LogP contribution in [0.3, 0.4) is 0 Å². The maximum atomic E-state index is 11.3. The number of hydrogen-bond donors (Lipinski definition) is 0. The van der Waals surface area contributed by atoms with Crippen LogP contribution in [0.5, 0.6) is 0 Å². The van der Waals surface area contributed by atoms with Gasteiger partial charge in [0.05, 0.1) is 11.7 Å². The molecule has 2 aliphatic heterocycles. The zero-order valence-corrected chi connectivity index (χ0v) is 7.66. The molecule has 5 nitrogen and oxygen atoms in total. The van der Waals surface area contributed by atoms with E-state index in [4.69, 9.17) is 0 Å². The van der Waals surface area contributed by atoms with Crippen molar-refractivity contribution in [1.82, 2.24) is 20.0 Å². The van der Waals surface area contributed by atoms with Crippen molar-refractivity contribution in [3.63, 3.8) is 0 Å². The molecule has 0 N–H and O–H groups in total. The van der Waals surface area contributed by atoms with E-state index < -0.39 is 0 Å². The van der Waals surface area contributed by atoms with Gasteiger partial charge in [-0.1, -0.05) is 28.5 Å². The predicted octanol–water partition coefficient (Wildman–Crippen LogP) is 0.613. The first-order chi connectivity index (χ1) is 7.36. The Hall–Kier alpha value is -2.30. The number of para-hydroxylation sites is 1. The van der Waals surface area contributed by atoms with Gasteiger partial charge in [-0.05, 0) is 6.07 Å². The normalized spacial score (nSPS) is 10.9. The highest BCUT2D eigenvalue weighted by atomic mass is 16.1. The fraction of sp³-hybridized carbons (Fsp3) is 0. The highest BCUT2D eigenvalue weighted by Gasteiger charge is 2.09. The molecule has 0 aromatic heterocycles. The minimum atomic E-state index is -0.358.